The zero-order chi connectivity index (χ0) is 19.1. The van der Waals surface area contributed by atoms with Crippen molar-refractivity contribution in [2.24, 2.45) is 0 Å². The Kier molecular flexibility index (Phi) is 6.60. The Bertz CT molecular complexity index is 738. The predicted molar refractivity (Wildman–Crippen MR) is 93.1 cm³/mol. The molecule has 2 amide bonds. The molecule has 0 saturated heterocycles. The number of nitrogens with one attached hydrogen (secondary N) is 1. The molecule has 0 bridgehead atoms. The van der Waals surface area contributed by atoms with Crippen molar-refractivity contribution in [3.63, 3.8) is 0 Å². The molecule has 8 heteroatoms. The minimum Gasteiger partial charge on any atom is -0.497 e. The van der Waals surface area contributed by atoms with Gasteiger partial charge in [-0.3, -0.25) is 0 Å². The fraction of sp³-hybridized carbons (Fsp3) is 0.278. The zero-order valence-corrected chi connectivity index (χ0v) is 14.7. The summed E-state index contributed by atoms with van der Waals surface area (Å²) in [6, 6.07) is 10.8. The molecular formula is C18H20F2N2O4. The third kappa shape index (κ3) is 5.23. The van der Waals surface area contributed by atoms with E-state index < -0.39 is 6.61 Å². The van der Waals surface area contributed by atoms with Gasteiger partial charge >= 0.3 is 12.6 Å². The molecule has 6 nitrogen and oxygen atoms in total. The van der Waals surface area contributed by atoms with Crippen LogP contribution in [0.25, 0.3) is 0 Å². The van der Waals surface area contributed by atoms with Gasteiger partial charge in [-0.15, -0.1) is 0 Å². The van der Waals surface area contributed by atoms with E-state index in [0.717, 1.165) is 5.56 Å². The van der Waals surface area contributed by atoms with Crippen molar-refractivity contribution in [2.75, 3.05) is 26.6 Å². The van der Waals surface area contributed by atoms with Crippen LogP contribution in [0.1, 0.15) is 5.56 Å². The second kappa shape index (κ2) is 8.89. The van der Waals surface area contributed by atoms with E-state index in [4.69, 9.17) is 9.47 Å². The molecule has 2 aromatic carbocycles. The third-order valence-electron chi connectivity index (χ3n) is 3.56. The van der Waals surface area contributed by atoms with Crippen LogP contribution >= 0.6 is 0 Å². The minimum absolute atomic E-state index is 0.0666. The van der Waals surface area contributed by atoms with Crippen molar-refractivity contribution < 1.29 is 27.8 Å². The molecule has 0 atom stereocenters. The lowest BCUT2D eigenvalue weighted by molar-refractivity contribution is -0.0498. The van der Waals surface area contributed by atoms with Crippen LogP contribution < -0.4 is 19.5 Å². The van der Waals surface area contributed by atoms with Gasteiger partial charge in [0.05, 0.1) is 19.9 Å². The number of rotatable bonds is 7. The van der Waals surface area contributed by atoms with Gasteiger partial charge < -0.3 is 24.4 Å². The zero-order valence-electron chi connectivity index (χ0n) is 14.7. The number of nitrogens with zero attached hydrogens (tertiary/aromatic N) is 1. The fourth-order valence-electron chi connectivity index (χ4n) is 2.24. The number of carbonyl (C=O) groups excluding carboxylic acids is 1. The highest BCUT2D eigenvalue weighted by molar-refractivity contribution is 5.91. The van der Waals surface area contributed by atoms with Gasteiger partial charge in [-0.2, -0.15) is 8.78 Å². The van der Waals surface area contributed by atoms with Gasteiger partial charge in [-0.25, -0.2) is 4.79 Å². The van der Waals surface area contributed by atoms with E-state index in [0.29, 0.717) is 17.2 Å². The summed E-state index contributed by atoms with van der Waals surface area (Å²) in [5.74, 6) is 1.15. The molecule has 1 N–H and O–H groups in total. The van der Waals surface area contributed by atoms with E-state index >= 15 is 0 Å². The first kappa shape index (κ1) is 19.3. The standard InChI is InChI=1S/C18H20F2N2O4/c1-22(11-12-4-6-13(7-5-12)26-17(19)20)18(23)21-15-10-14(24-2)8-9-16(15)25-3/h4-10,17H,11H2,1-3H3,(H,21,23). The molecule has 0 spiro atoms. The lowest BCUT2D eigenvalue weighted by Crippen LogP contribution is -2.31. The van der Waals surface area contributed by atoms with Crippen LogP contribution in [0, 0.1) is 0 Å². The fourth-order valence-corrected chi connectivity index (χ4v) is 2.24. The topological polar surface area (TPSA) is 60.0 Å². The first-order valence-corrected chi connectivity index (χ1v) is 7.71. The number of amides is 2. The highest BCUT2D eigenvalue weighted by Crippen LogP contribution is 2.29. The van der Waals surface area contributed by atoms with Gasteiger partial charge in [0.1, 0.15) is 17.2 Å². The predicted octanol–water partition coefficient (Wildman–Crippen LogP) is 3.97. The van der Waals surface area contributed by atoms with Gasteiger partial charge in [-0.05, 0) is 29.8 Å². The van der Waals surface area contributed by atoms with Gasteiger partial charge in [-0.1, -0.05) is 12.1 Å². The smallest absolute Gasteiger partial charge is 0.387 e. The van der Waals surface area contributed by atoms with Gasteiger partial charge in [0, 0.05) is 19.7 Å². The molecule has 0 aliphatic rings. The van der Waals surface area contributed by atoms with Crippen molar-refractivity contribution in [2.45, 2.75) is 13.2 Å². The Hall–Kier alpha value is -3.03. The second-order valence-corrected chi connectivity index (χ2v) is 5.37. The summed E-state index contributed by atoms with van der Waals surface area (Å²) < 4.78 is 39.0. The first-order valence-electron chi connectivity index (χ1n) is 7.71. The Morgan fingerprint density at radius 1 is 1.08 bits per heavy atom. The van der Waals surface area contributed by atoms with Gasteiger partial charge in [0.2, 0.25) is 0 Å². The van der Waals surface area contributed by atoms with Crippen LogP contribution in [0.5, 0.6) is 17.2 Å². The number of methoxy groups -OCH3 is 2. The molecule has 0 unspecified atom stereocenters. The lowest BCUT2D eigenvalue weighted by atomic mass is 10.2. The average molecular weight is 366 g/mol. The van der Waals surface area contributed by atoms with Crippen molar-refractivity contribution in [1.82, 2.24) is 4.90 Å². The maximum Gasteiger partial charge on any atom is 0.387 e. The van der Waals surface area contributed by atoms with E-state index in [9.17, 15) is 13.6 Å². The second-order valence-electron chi connectivity index (χ2n) is 5.37. The van der Waals surface area contributed by atoms with E-state index in [2.05, 4.69) is 10.1 Å². The third-order valence-corrected chi connectivity index (χ3v) is 3.56. The summed E-state index contributed by atoms with van der Waals surface area (Å²) in [5.41, 5.74) is 1.24. The lowest BCUT2D eigenvalue weighted by Gasteiger charge is -2.19. The molecular weight excluding hydrogens is 346 g/mol. The normalized spacial score (nSPS) is 10.4. The van der Waals surface area contributed by atoms with Crippen molar-refractivity contribution in [3.05, 3.63) is 48.0 Å². The van der Waals surface area contributed by atoms with Crippen LogP contribution in [0.3, 0.4) is 0 Å². The maximum absolute atomic E-state index is 12.4. The molecule has 0 aromatic heterocycles. The van der Waals surface area contributed by atoms with E-state index in [-0.39, 0.29) is 18.3 Å². The van der Waals surface area contributed by atoms with Crippen LogP contribution in [-0.2, 0) is 6.54 Å². The molecule has 0 aliphatic carbocycles. The quantitative estimate of drug-likeness (QED) is 0.806. The summed E-state index contributed by atoms with van der Waals surface area (Å²) in [5, 5.41) is 2.75. The summed E-state index contributed by atoms with van der Waals surface area (Å²) in [4.78, 5) is 13.8. The summed E-state index contributed by atoms with van der Waals surface area (Å²) in [7, 11) is 4.65. The number of urea groups is 1. The van der Waals surface area contributed by atoms with Gasteiger partial charge in [0.25, 0.3) is 0 Å². The molecule has 0 fully saturated rings. The number of hydrogen-bond donors (Lipinski definition) is 1. The molecule has 0 saturated carbocycles. The Labute approximate surface area is 150 Å². The van der Waals surface area contributed by atoms with E-state index in [1.165, 1.54) is 31.3 Å². The SMILES string of the molecule is COc1ccc(OC)c(NC(=O)N(C)Cc2ccc(OC(F)F)cc2)c1. The van der Waals surface area contributed by atoms with Crippen LogP contribution in [0.4, 0.5) is 19.3 Å². The number of benzene rings is 2. The molecule has 2 aromatic rings. The summed E-state index contributed by atoms with van der Waals surface area (Å²) >= 11 is 0. The minimum atomic E-state index is -2.87. The first-order chi connectivity index (χ1) is 12.4. The van der Waals surface area contributed by atoms with Crippen LogP contribution in [0.2, 0.25) is 0 Å². The number of anilines is 1. The maximum atomic E-state index is 12.4. The van der Waals surface area contributed by atoms with E-state index in [1.54, 1.807) is 37.4 Å². The molecule has 0 radical (unpaired) electrons. The average Bonchev–Trinajstić information content (AvgIpc) is 2.62. The number of alkyl halides is 2. The Morgan fingerprint density at radius 2 is 1.73 bits per heavy atom. The number of carbonyl (C=O) groups is 1. The molecule has 0 heterocycles. The molecule has 0 aliphatic heterocycles. The monoisotopic (exact) mass is 366 g/mol. The number of halogens is 2. The summed E-state index contributed by atoms with van der Waals surface area (Å²) in [6.07, 6.45) is 0. The Balaban J connectivity index is 2.01. The van der Waals surface area contributed by atoms with Gasteiger partial charge in [0.15, 0.2) is 0 Å². The van der Waals surface area contributed by atoms with E-state index in [1.807, 2.05) is 0 Å². The number of ether oxygens (including phenoxy) is 3. The largest absolute Gasteiger partial charge is 0.497 e. The highest BCUT2D eigenvalue weighted by Gasteiger charge is 2.13. The Morgan fingerprint density at radius 3 is 2.31 bits per heavy atom. The van der Waals surface area contributed by atoms with Crippen molar-refractivity contribution in [1.29, 1.82) is 0 Å². The van der Waals surface area contributed by atoms with Crippen LogP contribution in [-0.4, -0.2) is 38.8 Å². The molecule has 2 rings (SSSR count). The number of hydrogen-bond acceptors (Lipinski definition) is 4. The van der Waals surface area contributed by atoms with Crippen molar-refractivity contribution >= 4 is 11.7 Å². The summed E-state index contributed by atoms with van der Waals surface area (Å²) in [6.45, 7) is -2.58. The van der Waals surface area contributed by atoms with Crippen molar-refractivity contribution in [3.8, 4) is 17.2 Å². The van der Waals surface area contributed by atoms with Crippen LogP contribution in [0.15, 0.2) is 42.5 Å². The molecule has 140 valence electrons. The molecule has 26 heavy (non-hydrogen) atoms. The highest BCUT2D eigenvalue weighted by atomic mass is 19.3.